The molecule has 2 aromatic carbocycles. The van der Waals surface area contributed by atoms with Gasteiger partial charge in [-0.25, -0.2) is 9.98 Å². The van der Waals surface area contributed by atoms with E-state index >= 15 is 0 Å². The van der Waals surface area contributed by atoms with Gasteiger partial charge >= 0.3 is 0 Å². The molecule has 1 atom stereocenters. The van der Waals surface area contributed by atoms with Crippen LogP contribution in [-0.4, -0.2) is 15.5 Å². The Labute approximate surface area is 167 Å². The maximum atomic E-state index is 6.07. The highest BCUT2D eigenvalue weighted by Gasteiger charge is 2.03. The summed E-state index contributed by atoms with van der Waals surface area (Å²) in [6.45, 7) is 7.80. The quantitative estimate of drug-likeness (QED) is 0.465. The molecule has 0 aliphatic rings. The molecule has 0 saturated heterocycles. The number of nitrogens with two attached hydrogens (primary N) is 1. The van der Waals surface area contributed by atoms with Gasteiger partial charge in [-0.15, -0.1) is 0 Å². The number of anilines is 1. The van der Waals surface area contributed by atoms with Crippen molar-refractivity contribution in [3.63, 3.8) is 0 Å². The standard InChI is InChI=1S/C23H29N5/c1-4-17(2)21-8-10-22(11-9-21)27-23(24)26-15-19-6-5-7-20(14-19)16-28-13-12-25-18(28)3/h5-14,17H,4,15-16H2,1-3H3,(H3,24,26,27). The summed E-state index contributed by atoms with van der Waals surface area (Å²) in [4.78, 5) is 8.75. The lowest BCUT2D eigenvalue weighted by Crippen LogP contribution is -2.22. The van der Waals surface area contributed by atoms with Gasteiger partial charge in [0, 0.05) is 24.6 Å². The molecule has 3 rings (SSSR count). The van der Waals surface area contributed by atoms with Gasteiger partial charge in [-0.1, -0.05) is 50.2 Å². The van der Waals surface area contributed by atoms with Gasteiger partial charge in [-0.3, -0.25) is 0 Å². The smallest absolute Gasteiger partial charge is 0.193 e. The van der Waals surface area contributed by atoms with Crippen molar-refractivity contribution in [2.75, 3.05) is 5.32 Å². The predicted molar refractivity (Wildman–Crippen MR) is 117 cm³/mol. The molecule has 0 aliphatic heterocycles. The Morgan fingerprint density at radius 1 is 1.18 bits per heavy atom. The molecule has 3 N–H and O–H groups in total. The molecule has 5 nitrogen and oxygen atoms in total. The van der Waals surface area contributed by atoms with E-state index in [9.17, 15) is 0 Å². The van der Waals surface area contributed by atoms with Crippen LogP contribution in [0.15, 0.2) is 65.9 Å². The summed E-state index contributed by atoms with van der Waals surface area (Å²) in [5, 5.41) is 3.17. The van der Waals surface area contributed by atoms with Gasteiger partial charge in [0.2, 0.25) is 0 Å². The number of rotatable bonds is 7. The third-order valence-corrected chi connectivity index (χ3v) is 5.06. The number of nitrogens with zero attached hydrogens (tertiary/aromatic N) is 3. The van der Waals surface area contributed by atoms with Crippen molar-refractivity contribution in [1.82, 2.24) is 9.55 Å². The van der Waals surface area contributed by atoms with Crippen LogP contribution >= 0.6 is 0 Å². The maximum Gasteiger partial charge on any atom is 0.193 e. The largest absolute Gasteiger partial charge is 0.370 e. The van der Waals surface area contributed by atoms with Gasteiger partial charge in [-0.2, -0.15) is 0 Å². The third-order valence-electron chi connectivity index (χ3n) is 5.06. The minimum absolute atomic E-state index is 0.423. The summed E-state index contributed by atoms with van der Waals surface area (Å²) < 4.78 is 2.13. The van der Waals surface area contributed by atoms with Gasteiger partial charge in [0.15, 0.2) is 5.96 Å². The molecule has 146 valence electrons. The molecule has 5 heteroatoms. The second kappa shape index (κ2) is 9.22. The Morgan fingerprint density at radius 2 is 1.93 bits per heavy atom. The van der Waals surface area contributed by atoms with E-state index in [-0.39, 0.29) is 0 Å². The van der Waals surface area contributed by atoms with Crippen LogP contribution in [-0.2, 0) is 13.1 Å². The highest BCUT2D eigenvalue weighted by Crippen LogP contribution is 2.20. The summed E-state index contributed by atoms with van der Waals surface area (Å²) in [6.07, 6.45) is 4.95. The molecule has 1 aromatic heterocycles. The van der Waals surface area contributed by atoms with Gasteiger partial charge in [0.1, 0.15) is 5.82 Å². The van der Waals surface area contributed by atoms with Crippen molar-refractivity contribution in [2.45, 2.75) is 46.2 Å². The van der Waals surface area contributed by atoms with Crippen molar-refractivity contribution in [2.24, 2.45) is 10.7 Å². The number of hydrogen-bond acceptors (Lipinski definition) is 2. The number of aromatic nitrogens is 2. The van der Waals surface area contributed by atoms with Crippen molar-refractivity contribution >= 4 is 11.6 Å². The Hall–Kier alpha value is -3.08. The first kappa shape index (κ1) is 19.7. The highest BCUT2D eigenvalue weighted by atomic mass is 15.1. The molecule has 3 aromatic rings. The van der Waals surface area contributed by atoms with Gasteiger partial charge in [-0.05, 0) is 48.1 Å². The van der Waals surface area contributed by atoms with Crippen LogP contribution in [0.5, 0.6) is 0 Å². The molecule has 0 aliphatic carbocycles. The molecule has 0 amide bonds. The van der Waals surface area contributed by atoms with Crippen LogP contribution < -0.4 is 11.1 Å². The predicted octanol–water partition coefficient (Wildman–Crippen LogP) is 4.68. The molecule has 1 heterocycles. The number of imidazole rings is 1. The zero-order chi connectivity index (χ0) is 19.9. The Kier molecular flexibility index (Phi) is 6.48. The molecule has 0 bridgehead atoms. The van der Waals surface area contributed by atoms with E-state index in [0.717, 1.165) is 30.0 Å². The lowest BCUT2D eigenvalue weighted by Gasteiger charge is -2.11. The molecule has 0 saturated carbocycles. The Morgan fingerprint density at radius 3 is 2.61 bits per heavy atom. The molecule has 28 heavy (non-hydrogen) atoms. The lowest BCUT2D eigenvalue weighted by atomic mass is 9.99. The number of aliphatic imine (C=N–C) groups is 1. The zero-order valence-corrected chi connectivity index (χ0v) is 16.9. The first-order valence-corrected chi connectivity index (χ1v) is 9.77. The van der Waals surface area contributed by atoms with Crippen LogP contribution in [0.4, 0.5) is 5.69 Å². The van der Waals surface area contributed by atoms with Crippen LogP contribution in [0.2, 0.25) is 0 Å². The average Bonchev–Trinajstić information content (AvgIpc) is 3.11. The first-order chi connectivity index (χ1) is 13.5. The van der Waals surface area contributed by atoms with E-state index in [1.807, 2.05) is 19.3 Å². The topological polar surface area (TPSA) is 68.2 Å². The average molecular weight is 376 g/mol. The van der Waals surface area contributed by atoms with Crippen molar-refractivity contribution < 1.29 is 0 Å². The SMILES string of the molecule is CCC(C)c1ccc(NC(N)=NCc2cccc(Cn3ccnc3C)c2)cc1. The minimum Gasteiger partial charge on any atom is -0.370 e. The molecule has 0 radical (unpaired) electrons. The monoisotopic (exact) mass is 375 g/mol. The highest BCUT2D eigenvalue weighted by molar-refractivity contribution is 5.92. The Bertz CT molecular complexity index is 924. The van der Waals surface area contributed by atoms with Crippen molar-refractivity contribution in [3.05, 3.63) is 83.4 Å². The van der Waals surface area contributed by atoms with Crippen LogP contribution in [0.1, 0.15) is 48.7 Å². The lowest BCUT2D eigenvalue weighted by molar-refractivity contribution is 0.734. The summed E-state index contributed by atoms with van der Waals surface area (Å²) >= 11 is 0. The van der Waals surface area contributed by atoms with E-state index in [1.165, 1.54) is 11.1 Å². The normalized spacial score (nSPS) is 12.8. The maximum absolute atomic E-state index is 6.07. The van der Waals surface area contributed by atoms with E-state index in [4.69, 9.17) is 5.73 Å². The minimum atomic E-state index is 0.423. The number of hydrogen-bond donors (Lipinski definition) is 2. The number of aryl methyl sites for hydroxylation is 1. The van der Waals surface area contributed by atoms with Gasteiger partial charge < -0.3 is 15.6 Å². The fourth-order valence-electron chi connectivity index (χ4n) is 3.09. The Balaban J connectivity index is 1.60. The molecular formula is C23H29N5. The molecule has 0 spiro atoms. The van der Waals surface area contributed by atoms with Crippen molar-refractivity contribution in [1.29, 1.82) is 0 Å². The van der Waals surface area contributed by atoms with E-state index in [1.54, 1.807) is 0 Å². The number of benzene rings is 2. The van der Waals surface area contributed by atoms with E-state index < -0.39 is 0 Å². The van der Waals surface area contributed by atoms with E-state index in [0.29, 0.717) is 18.4 Å². The van der Waals surface area contributed by atoms with Crippen LogP contribution in [0, 0.1) is 6.92 Å². The van der Waals surface area contributed by atoms with Crippen LogP contribution in [0.25, 0.3) is 0 Å². The van der Waals surface area contributed by atoms with Crippen LogP contribution in [0.3, 0.4) is 0 Å². The van der Waals surface area contributed by atoms with E-state index in [2.05, 4.69) is 82.2 Å². The summed E-state index contributed by atoms with van der Waals surface area (Å²) in [5.41, 5.74) is 10.7. The van der Waals surface area contributed by atoms with Gasteiger partial charge in [0.25, 0.3) is 0 Å². The fraction of sp³-hybridized carbons (Fsp3) is 0.304. The third kappa shape index (κ3) is 5.22. The summed E-state index contributed by atoms with van der Waals surface area (Å²) in [5.74, 6) is 2.00. The second-order valence-corrected chi connectivity index (χ2v) is 7.18. The molecule has 0 fully saturated rings. The van der Waals surface area contributed by atoms with Crippen molar-refractivity contribution in [3.8, 4) is 0 Å². The number of guanidine groups is 1. The summed E-state index contributed by atoms with van der Waals surface area (Å²) in [7, 11) is 0. The number of nitrogens with one attached hydrogen (secondary N) is 1. The molecular weight excluding hydrogens is 346 g/mol. The van der Waals surface area contributed by atoms with Gasteiger partial charge in [0.05, 0.1) is 6.54 Å². The zero-order valence-electron chi connectivity index (χ0n) is 16.9. The first-order valence-electron chi connectivity index (χ1n) is 9.77. The summed E-state index contributed by atoms with van der Waals surface area (Å²) in [6, 6.07) is 16.8. The molecule has 1 unspecified atom stereocenters. The fourth-order valence-corrected chi connectivity index (χ4v) is 3.09. The second-order valence-electron chi connectivity index (χ2n) is 7.18.